The first-order chi connectivity index (χ1) is 16.9. The van der Waals surface area contributed by atoms with E-state index in [2.05, 4.69) is 10.8 Å². The van der Waals surface area contributed by atoms with Crippen LogP contribution in [0.4, 0.5) is 9.80 Å². The van der Waals surface area contributed by atoms with Gasteiger partial charge < -0.3 is 16.3 Å². The van der Waals surface area contributed by atoms with Crippen molar-refractivity contribution in [2.45, 2.75) is 38.1 Å². The molecule has 0 bridgehead atoms. The van der Waals surface area contributed by atoms with Crippen molar-refractivity contribution in [3.05, 3.63) is 77.4 Å². The second-order valence-electron chi connectivity index (χ2n) is 8.58. The second-order valence-corrected chi connectivity index (χ2v) is 9.63. The molecule has 1 fully saturated rings. The van der Waals surface area contributed by atoms with Crippen LogP contribution in [0, 0.1) is 5.92 Å². The Morgan fingerprint density at radius 3 is 2.43 bits per heavy atom. The fourth-order valence-electron chi connectivity index (χ4n) is 4.56. The van der Waals surface area contributed by atoms with E-state index in [9.17, 15) is 14.4 Å². The van der Waals surface area contributed by atoms with Crippen LogP contribution in [0.25, 0.3) is 10.4 Å². The van der Waals surface area contributed by atoms with Gasteiger partial charge in [-0.1, -0.05) is 61.4 Å². The molecule has 1 aromatic heterocycles. The summed E-state index contributed by atoms with van der Waals surface area (Å²) in [6.07, 6.45) is 4.32. The summed E-state index contributed by atoms with van der Waals surface area (Å²) in [7, 11) is 0. The normalized spacial score (nSPS) is 14.4. The van der Waals surface area contributed by atoms with Crippen molar-refractivity contribution in [2.75, 3.05) is 5.32 Å². The first-order valence-corrected chi connectivity index (χ1v) is 12.3. The zero-order valence-corrected chi connectivity index (χ0v) is 20.0. The predicted octanol–water partition coefficient (Wildman–Crippen LogP) is 4.53. The van der Waals surface area contributed by atoms with Crippen molar-refractivity contribution in [3.8, 4) is 10.4 Å². The van der Waals surface area contributed by atoms with Crippen LogP contribution in [-0.4, -0.2) is 17.9 Å². The summed E-state index contributed by atoms with van der Waals surface area (Å²) in [5, 5.41) is 2.74. The monoisotopic (exact) mass is 492 g/mol. The van der Waals surface area contributed by atoms with Gasteiger partial charge in [-0.2, -0.15) is 0 Å². The maximum Gasteiger partial charge on any atom is 0.332 e. The average molecular weight is 493 g/mol. The Kier molecular flexibility index (Phi) is 7.79. The first-order valence-electron chi connectivity index (χ1n) is 11.5. The Hall–Kier alpha value is -3.69. The standard InChI is InChI=1S/C26H28N4O4S/c27-23(31)20-14-21(35-24(20)30-26(28)33)19-12-6-7-16(13-19)15-29-34-25(32)22(18-10-4-5-11-18)17-8-2-1-3-9-17/h1-3,6-9,12-14,18,22,29H,4-5,10-11,15H2,(H2,27,31)(H3,28,30,33)/t22-/m1/s1. The minimum Gasteiger partial charge on any atom is -0.370 e. The summed E-state index contributed by atoms with van der Waals surface area (Å²) in [5.74, 6) is -0.925. The van der Waals surface area contributed by atoms with E-state index < -0.39 is 11.9 Å². The highest BCUT2D eigenvalue weighted by Gasteiger charge is 2.33. The van der Waals surface area contributed by atoms with Crippen LogP contribution in [0.1, 0.15) is 53.1 Å². The van der Waals surface area contributed by atoms with Gasteiger partial charge in [0.2, 0.25) is 0 Å². The van der Waals surface area contributed by atoms with Crippen LogP contribution in [0.3, 0.4) is 0 Å². The SMILES string of the molecule is NC(=O)Nc1sc(-c2cccc(CNOC(=O)[C@H](c3ccccc3)C3CCCC3)c2)cc1C(N)=O. The molecule has 0 radical (unpaired) electrons. The van der Waals surface area contributed by atoms with Crippen molar-refractivity contribution in [3.63, 3.8) is 0 Å². The van der Waals surface area contributed by atoms with Gasteiger partial charge >= 0.3 is 12.0 Å². The Balaban J connectivity index is 1.43. The lowest BCUT2D eigenvalue weighted by molar-refractivity contribution is -0.155. The molecule has 2 aromatic carbocycles. The van der Waals surface area contributed by atoms with Crippen molar-refractivity contribution in [1.82, 2.24) is 5.48 Å². The fourth-order valence-corrected chi connectivity index (χ4v) is 5.62. The predicted molar refractivity (Wildman–Crippen MR) is 136 cm³/mol. The third kappa shape index (κ3) is 6.06. The van der Waals surface area contributed by atoms with Gasteiger partial charge in [0.15, 0.2) is 0 Å². The molecule has 6 N–H and O–H groups in total. The first kappa shape index (κ1) is 24.4. The van der Waals surface area contributed by atoms with Gasteiger partial charge in [0.05, 0.1) is 18.0 Å². The number of nitrogens with one attached hydrogen (secondary N) is 2. The van der Waals surface area contributed by atoms with Crippen molar-refractivity contribution >= 4 is 34.2 Å². The van der Waals surface area contributed by atoms with E-state index >= 15 is 0 Å². The molecular formula is C26H28N4O4S. The third-order valence-corrected chi connectivity index (χ3v) is 7.28. The van der Waals surface area contributed by atoms with E-state index in [0.29, 0.717) is 11.5 Å². The average Bonchev–Trinajstić information content (AvgIpc) is 3.50. The Morgan fingerprint density at radius 1 is 1.00 bits per heavy atom. The van der Waals surface area contributed by atoms with Crippen LogP contribution >= 0.6 is 11.3 Å². The molecular weight excluding hydrogens is 464 g/mol. The van der Waals surface area contributed by atoms with E-state index in [4.69, 9.17) is 16.3 Å². The minimum absolute atomic E-state index is 0.195. The molecule has 0 unspecified atom stereocenters. The van der Waals surface area contributed by atoms with Crippen LogP contribution in [-0.2, 0) is 16.2 Å². The number of hydroxylamine groups is 1. The summed E-state index contributed by atoms with van der Waals surface area (Å²) in [5.41, 5.74) is 16.3. The molecule has 8 nitrogen and oxygen atoms in total. The molecule has 182 valence electrons. The van der Waals surface area contributed by atoms with Gasteiger partial charge in [0, 0.05) is 4.88 Å². The Bertz CT molecular complexity index is 1210. The number of carbonyl (C=O) groups excluding carboxylic acids is 3. The highest BCUT2D eigenvalue weighted by molar-refractivity contribution is 7.20. The summed E-state index contributed by atoms with van der Waals surface area (Å²) in [6.45, 7) is 0.312. The van der Waals surface area contributed by atoms with Crippen LogP contribution < -0.4 is 22.3 Å². The van der Waals surface area contributed by atoms with Crippen molar-refractivity contribution < 1.29 is 19.2 Å². The molecule has 4 rings (SSSR count). The Labute approximate surface area is 207 Å². The Morgan fingerprint density at radius 2 is 1.74 bits per heavy atom. The molecule has 0 spiro atoms. The number of rotatable bonds is 9. The molecule has 1 saturated carbocycles. The topological polar surface area (TPSA) is 137 Å². The van der Waals surface area contributed by atoms with Crippen molar-refractivity contribution in [1.29, 1.82) is 0 Å². The number of benzene rings is 2. The number of hydrogen-bond donors (Lipinski definition) is 4. The number of nitrogens with two attached hydrogens (primary N) is 2. The number of urea groups is 1. The number of amides is 3. The lowest BCUT2D eigenvalue weighted by Crippen LogP contribution is -2.28. The molecule has 9 heteroatoms. The smallest absolute Gasteiger partial charge is 0.332 e. The fraction of sp³-hybridized carbons (Fsp3) is 0.269. The number of thiophene rings is 1. The molecule has 1 atom stereocenters. The second kappa shape index (κ2) is 11.2. The molecule has 1 aliphatic carbocycles. The third-order valence-electron chi connectivity index (χ3n) is 6.18. The number of anilines is 1. The van der Waals surface area contributed by atoms with Crippen LogP contribution in [0.15, 0.2) is 60.7 Å². The van der Waals surface area contributed by atoms with E-state index in [1.54, 1.807) is 6.07 Å². The molecule has 35 heavy (non-hydrogen) atoms. The maximum absolute atomic E-state index is 13.0. The molecule has 3 amide bonds. The molecule has 1 heterocycles. The largest absolute Gasteiger partial charge is 0.370 e. The van der Waals surface area contributed by atoms with Crippen LogP contribution in [0.2, 0.25) is 0 Å². The lowest BCUT2D eigenvalue weighted by atomic mass is 9.85. The summed E-state index contributed by atoms with van der Waals surface area (Å²) >= 11 is 1.20. The summed E-state index contributed by atoms with van der Waals surface area (Å²) in [6, 6.07) is 18.2. The number of carbonyl (C=O) groups is 3. The van der Waals surface area contributed by atoms with E-state index in [1.165, 1.54) is 11.3 Å². The van der Waals surface area contributed by atoms with Crippen LogP contribution in [0.5, 0.6) is 0 Å². The summed E-state index contributed by atoms with van der Waals surface area (Å²) in [4.78, 5) is 42.3. The van der Waals surface area contributed by atoms with E-state index in [-0.39, 0.29) is 23.4 Å². The van der Waals surface area contributed by atoms with Gasteiger partial charge in [-0.15, -0.1) is 16.8 Å². The van der Waals surface area contributed by atoms with E-state index in [1.807, 2.05) is 54.6 Å². The zero-order valence-electron chi connectivity index (χ0n) is 19.2. The molecule has 3 aromatic rings. The molecule has 0 aliphatic heterocycles. The molecule has 0 saturated heterocycles. The number of hydrogen-bond acceptors (Lipinski definition) is 6. The zero-order chi connectivity index (χ0) is 24.8. The quantitative estimate of drug-likeness (QED) is 0.325. The highest BCUT2D eigenvalue weighted by atomic mass is 32.1. The molecule has 1 aliphatic rings. The number of primary amides is 2. The maximum atomic E-state index is 13.0. The van der Waals surface area contributed by atoms with Gasteiger partial charge in [-0.25, -0.2) is 9.59 Å². The van der Waals surface area contributed by atoms with Gasteiger partial charge in [-0.05, 0) is 47.6 Å². The van der Waals surface area contributed by atoms with Gasteiger partial charge in [0.1, 0.15) is 5.00 Å². The van der Waals surface area contributed by atoms with E-state index in [0.717, 1.165) is 47.3 Å². The lowest BCUT2D eigenvalue weighted by Gasteiger charge is -2.22. The highest BCUT2D eigenvalue weighted by Crippen LogP contribution is 2.38. The van der Waals surface area contributed by atoms with Gasteiger partial charge in [-0.3, -0.25) is 10.1 Å². The van der Waals surface area contributed by atoms with Crippen molar-refractivity contribution in [2.24, 2.45) is 17.4 Å². The summed E-state index contributed by atoms with van der Waals surface area (Å²) < 4.78 is 0. The van der Waals surface area contributed by atoms with Gasteiger partial charge in [0.25, 0.3) is 5.91 Å². The minimum atomic E-state index is -0.771.